The predicted molar refractivity (Wildman–Crippen MR) is 61.2 cm³/mol. The molecular formula is C12H17NO2. The van der Waals surface area contributed by atoms with Gasteiger partial charge in [-0.3, -0.25) is 4.79 Å². The SMILES string of the molecule is Cc1cccc(N(C)CC(C)C(=O)O)c1. The number of anilines is 1. The molecule has 0 spiro atoms. The monoisotopic (exact) mass is 207 g/mol. The van der Waals surface area contributed by atoms with Crippen molar-refractivity contribution in [1.82, 2.24) is 0 Å². The summed E-state index contributed by atoms with van der Waals surface area (Å²) in [6.45, 7) is 4.27. The van der Waals surface area contributed by atoms with Gasteiger partial charge in [0.25, 0.3) is 0 Å². The number of hydrogen-bond donors (Lipinski definition) is 1. The number of nitrogens with zero attached hydrogens (tertiary/aromatic N) is 1. The van der Waals surface area contributed by atoms with Crippen LogP contribution in [0.25, 0.3) is 0 Å². The summed E-state index contributed by atoms with van der Waals surface area (Å²) in [5.41, 5.74) is 2.24. The average molecular weight is 207 g/mol. The third kappa shape index (κ3) is 3.27. The lowest BCUT2D eigenvalue weighted by Gasteiger charge is -2.21. The van der Waals surface area contributed by atoms with Crippen molar-refractivity contribution in [2.24, 2.45) is 5.92 Å². The molecule has 0 aliphatic rings. The molecule has 0 amide bonds. The summed E-state index contributed by atoms with van der Waals surface area (Å²) < 4.78 is 0. The quantitative estimate of drug-likeness (QED) is 0.822. The molecule has 0 radical (unpaired) electrons. The van der Waals surface area contributed by atoms with Crippen molar-refractivity contribution < 1.29 is 9.90 Å². The third-order valence-electron chi connectivity index (χ3n) is 2.41. The summed E-state index contributed by atoms with van der Waals surface area (Å²) >= 11 is 0. The van der Waals surface area contributed by atoms with E-state index in [1.165, 1.54) is 5.56 Å². The predicted octanol–water partition coefficient (Wildman–Crippen LogP) is 2.15. The first kappa shape index (κ1) is 11.6. The molecular weight excluding hydrogens is 190 g/mol. The van der Waals surface area contributed by atoms with Crippen LogP contribution in [0, 0.1) is 12.8 Å². The topological polar surface area (TPSA) is 40.5 Å². The molecule has 1 rings (SSSR count). The van der Waals surface area contributed by atoms with Crippen LogP contribution in [-0.4, -0.2) is 24.7 Å². The van der Waals surface area contributed by atoms with Gasteiger partial charge in [-0.1, -0.05) is 19.1 Å². The normalized spacial score (nSPS) is 12.2. The van der Waals surface area contributed by atoms with Crippen molar-refractivity contribution >= 4 is 11.7 Å². The molecule has 1 N–H and O–H groups in total. The van der Waals surface area contributed by atoms with Crippen LogP contribution in [0.2, 0.25) is 0 Å². The van der Waals surface area contributed by atoms with Crippen LogP contribution in [0.1, 0.15) is 12.5 Å². The molecule has 0 saturated carbocycles. The number of rotatable bonds is 4. The lowest BCUT2D eigenvalue weighted by molar-refractivity contribution is -0.140. The van der Waals surface area contributed by atoms with Crippen LogP contribution < -0.4 is 4.90 Å². The summed E-state index contributed by atoms with van der Waals surface area (Å²) in [4.78, 5) is 12.7. The maximum Gasteiger partial charge on any atom is 0.308 e. The number of carbonyl (C=O) groups is 1. The van der Waals surface area contributed by atoms with Gasteiger partial charge in [0, 0.05) is 19.3 Å². The smallest absolute Gasteiger partial charge is 0.308 e. The zero-order chi connectivity index (χ0) is 11.4. The fourth-order valence-corrected chi connectivity index (χ4v) is 1.46. The summed E-state index contributed by atoms with van der Waals surface area (Å²) in [5.74, 6) is -1.11. The van der Waals surface area contributed by atoms with E-state index < -0.39 is 5.97 Å². The highest BCUT2D eigenvalue weighted by Gasteiger charge is 2.13. The number of aliphatic carboxylic acids is 1. The van der Waals surface area contributed by atoms with Gasteiger partial charge in [-0.25, -0.2) is 0 Å². The second-order valence-electron chi connectivity index (χ2n) is 3.96. The molecule has 1 atom stereocenters. The van der Waals surface area contributed by atoms with E-state index in [0.717, 1.165) is 5.69 Å². The van der Waals surface area contributed by atoms with Crippen LogP contribution in [-0.2, 0) is 4.79 Å². The van der Waals surface area contributed by atoms with Crippen LogP contribution in [0.15, 0.2) is 24.3 Å². The Hall–Kier alpha value is -1.51. The summed E-state index contributed by atoms with van der Waals surface area (Å²) in [6, 6.07) is 8.04. The fraction of sp³-hybridized carbons (Fsp3) is 0.417. The number of benzene rings is 1. The molecule has 0 aliphatic carbocycles. The highest BCUT2D eigenvalue weighted by atomic mass is 16.4. The van der Waals surface area contributed by atoms with Gasteiger partial charge < -0.3 is 10.0 Å². The van der Waals surface area contributed by atoms with Gasteiger partial charge >= 0.3 is 5.97 Å². The molecule has 0 aromatic heterocycles. The second kappa shape index (κ2) is 4.82. The Labute approximate surface area is 90.3 Å². The molecule has 1 aromatic rings. The zero-order valence-electron chi connectivity index (χ0n) is 9.40. The van der Waals surface area contributed by atoms with Crippen LogP contribution in [0.3, 0.4) is 0 Å². The minimum atomic E-state index is -0.755. The lowest BCUT2D eigenvalue weighted by atomic mass is 10.1. The van der Waals surface area contributed by atoms with Crippen LogP contribution >= 0.6 is 0 Å². The van der Waals surface area contributed by atoms with Crippen molar-refractivity contribution in [1.29, 1.82) is 0 Å². The summed E-state index contributed by atoms with van der Waals surface area (Å²) in [7, 11) is 1.91. The van der Waals surface area contributed by atoms with E-state index in [2.05, 4.69) is 6.07 Å². The van der Waals surface area contributed by atoms with E-state index in [9.17, 15) is 4.79 Å². The molecule has 0 saturated heterocycles. The van der Waals surface area contributed by atoms with E-state index >= 15 is 0 Å². The van der Waals surface area contributed by atoms with E-state index in [4.69, 9.17) is 5.11 Å². The Kier molecular flexibility index (Phi) is 3.72. The molecule has 1 aromatic carbocycles. The van der Waals surface area contributed by atoms with Crippen molar-refractivity contribution in [2.45, 2.75) is 13.8 Å². The first-order chi connectivity index (χ1) is 7.00. The van der Waals surface area contributed by atoms with Gasteiger partial charge in [0.15, 0.2) is 0 Å². The number of aryl methyl sites for hydroxylation is 1. The Balaban J connectivity index is 2.68. The summed E-state index contributed by atoms with van der Waals surface area (Å²) in [5, 5.41) is 8.81. The summed E-state index contributed by atoms with van der Waals surface area (Å²) in [6.07, 6.45) is 0. The number of hydrogen-bond acceptors (Lipinski definition) is 2. The van der Waals surface area contributed by atoms with Gasteiger partial charge in [0.1, 0.15) is 0 Å². The standard InChI is InChI=1S/C12H17NO2/c1-9-5-4-6-11(7-9)13(3)8-10(2)12(14)15/h4-7,10H,8H2,1-3H3,(H,14,15). The second-order valence-corrected chi connectivity index (χ2v) is 3.96. The zero-order valence-corrected chi connectivity index (χ0v) is 9.40. The van der Waals surface area contributed by atoms with Crippen molar-refractivity contribution in [3.8, 4) is 0 Å². The number of carboxylic acid groups (broad SMARTS) is 1. The van der Waals surface area contributed by atoms with Gasteiger partial charge in [-0.15, -0.1) is 0 Å². The van der Waals surface area contributed by atoms with Crippen molar-refractivity contribution in [3.05, 3.63) is 29.8 Å². The van der Waals surface area contributed by atoms with Gasteiger partial charge in [0.2, 0.25) is 0 Å². The first-order valence-corrected chi connectivity index (χ1v) is 5.01. The maximum atomic E-state index is 10.7. The van der Waals surface area contributed by atoms with Gasteiger partial charge in [-0.05, 0) is 24.6 Å². The highest BCUT2D eigenvalue weighted by molar-refractivity contribution is 5.70. The minimum Gasteiger partial charge on any atom is -0.481 e. The third-order valence-corrected chi connectivity index (χ3v) is 2.41. The molecule has 0 fully saturated rings. The first-order valence-electron chi connectivity index (χ1n) is 5.01. The van der Waals surface area contributed by atoms with Gasteiger partial charge in [-0.2, -0.15) is 0 Å². The Morgan fingerprint density at radius 1 is 1.53 bits per heavy atom. The fourth-order valence-electron chi connectivity index (χ4n) is 1.46. The Morgan fingerprint density at radius 2 is 2.20 bits per heavy atom. The van der Waals surface area contributed by atoms with E-state index in [1.54, 1.807) is 6.92 Å². The van der Waals surface area contributed by atoms with Gasteiger partial charge in [0.05, 0.1) is 5.92 Å². The molecule has 3 nitrogen and oxygen atoms in total. The molecule has 0 heterocycles. The lowest BCUT2D eigenvalue weighted by Crippen LogP contribution is -2.28. The van der Waals surface area contributed by atoms with Crippen molar-refractivity contribution in [3.63, 3.8) is 0 Å². The maximum absolute atomic E-state index is 10.7. The highest BCUT2D eigenvalue weighted by Crippen LogP contribution is 2.15. The van der Waals surface area contributed by atoms with Crippen LogP contribution in [0.4, 0.5) is 5.69 Å². The Morgan fingerprint density at radius 3 is 2.73 bits per heavy atom. The molecule has 1 unspecified atom stereocenters. The average Bonchev–Trinajstić information content (AvgIpc) is 2.17. The molecule has 82 valence electrons. The van der Waals surface area contributed by atoms with E-state index in [0.29, 0.717) is 6.54 Å². The van der Waals surface area contributed by atoms with E-state index in [1.807, 2.05) is 37.1 Å². The molecule has 3 heteroatoms. The Bertz CT molecular complexity index is 349. The molecule has 0 bridgehead atoms. The minimum absolute atomic E-state index is 0.351. The molecule has 0 aliphatic heterocycles. The molecule has 15 heavy (non-hydrogen) atoms. The number of carboxylic acids is 1. The van der Waals surface area contributed by atoms with E-state index in [-0.39, 0.29) is 5.92 Å². The van der Waals surface area contributed by atoms with Crippen molar-refractivity contribution in [2.75, 3.05) is 18.5 Å². The largest absolute Gasteiger partial charge is 0.481 e. The van der Waals surface area contributed by atoms with Crippen LogP contribution in [0.5, 0.6) is 0 Å².